The molecule has 1 atom stereocenters. The van der Waals surface area contributed by atoms with Crippen LogP contribution in [0.2, 0.25) is 0 Å². The largest absolute Gasteiger partial charge is 0.395 e. The van der Waals surface area contributed by atoms with Crippen LogP contribution in [-0.4, -0.2) is 53.9 Å². The van der Waals surface area contributed by atoms with E-state index in [0.29, 0.717) is 6.61 Å². The van der Waals surface area contributed by atoms with E-state index >= 15 is 0 Å². The fourth-order valence-electron chi connectivity index (χ4n) is 1.96. The monoisotopic (exact) mass is 271 g/mol. The van der Waals surface area contributed by atoms with E-state index in [9.17, 15) is 5.11 Å². The summed E-state index contributed by atoms with van der Waals surface area (Å²) >= 11 is 1.69. The minimum atomic E-state index is 0.118. The van der Waals surface area contributed by atoms with Crippen molar-refractivity contribution in [3.8, 4) is 0 Å². The number of aromatic nitrogens is 1. The van der Waals surface area contributed by atoms with Crippen molar-refractivity contribution in [3.05, 3.63) is 11.1 Å². The maximum absolute atomic E-state index is 9.31. The highest BCUT2D eigenvalue weighted by atomic mass is 32.1. The molecule has 2 N–H and O–H groups in total. The summed E-state index contributed by atoms with van der Waals surface area (Å²) in [5.41, 5.74) is 0. The fourth-order valence-corrected chi connectivity index (χ4v) is 2.82. The molecule has 0 aliphatic carbocycles. The Morgan fingerprint density at radius 2 is 2.56 bits per heavy atom. The van der Waals surface area contributed by atoms with Crippen LogP contribution >= 0.6 is 11.3 Å². The molecule has 18 heavy (non-hydrogen) atoms. The van der Waals surface area contributed by atoms with Gasteiger partial charge >= 0.3 is 0 Å². The second-order valence-corrected chi connectivity index (χ2v) is 5.56. The van der Waals surface area contributed by atoms with Crippen molar-refractivity contribution >= 4 is 16.5 Å². The molecule has 0 saturated carbocycles. The van der Waals surface area contributed by atoms with Gasteiger partial charge in [-0.15, -0.1) is 11.3 Å². The van der Waals surface area contributed by atoms with Gasteiger partial charge in [0.25, 0.3) is 0 Å². The molecular weight excluding hydrogens is 250 g/mol. The molecule has 1 fully saturated rings. The third kappa shape index (κ3) is 3.65. The molecule has 0 bridgehead atoms. The van der Waals surface area contributed by atoms with E-state index in [1.165, 1.54) is 4.88 Å². The molecule has 1 saturated heterocycles. The number of morpholine rings is 1. The number of nitrogens with one attached hydrogen (secondary N) is 1. The van der Waals surface area contributed by atoms with Crippen molar-refractivity contribution in [1.29, 1.82) is 0 Å². The Bertz CT molecular complexity index is 359. The lowest BCUT2D eigenvalue weighted by Gasteiger charge is -2.33. The summed E-state index contributed by atoms with van der Waals surface area (Å²) in [5, 5.41) is 13.6. The van der Waals surface area contributed by atoms with Crippen molar-refractivity contribution in [2.24, 2.45) is 0 Å². The first-order chi connectivity index (χ1) is 8.83. The second kappa shape index (κ2) is 7.04. The third-order valence-electron chi connectivity index (χ3n) is 3.00. The van der Waals surface area contributed by atoms with Crippen LogP contribution in [0.25, 0.3) is 0 Å². The molecule has 1 aromatic rings. The first-order valence-corrected chi connectivity index (χ1v) is 7.26. The quantitative estimate of drug-likeness (QED) is 0.813. The molecule has 102 valence electrons. The summed E-state index contributed by atoms with van der Waals surface area (Å²) in [4.78, 5) is 7.85. The minimum Gasteiger partial charge on any atom is -0.395 e. The van der Waals surface area contributed by atoms with Crippen LogP contribution in [0.3, 0.4) is 0 Å². The Labute approximate surface area is 112 Å². The zero-order valence-corrected chi connectivity index (χ0v) is 11.6. The van der Waals surface area contributed by atoms with Gasteiger partial charge in [-0.25, -0.2) is 4.98 Å². The molecule has 1 unspecified atom stereocenters. The zero-order valence-electron chi connectivity index (χ0n) is 10.8. The molecular formula is C12H21N3O2S. The van der Waals surface area contributed by atoms with E-state index in [4.69, 9.17) is 4.74 Å². The molecule has 2 heterocycles. The van der Waals surface area contributed by atoms with E-state index in [2.05, 4.69) is 22.1 Å². The van der Waals surface area contributed by atoms with Crippen LogP contribution < -0.4 is 5.32 Å². The summed E-state index contributed by atoms with van der Waals surface area (Å²) in [6, 6.07) is 0.118. The molecule has 2 rings (SSSR count). The number of rotatable bonds is 6. The number of thiazole rings is 1. The van der Waals surface area contributed by atoms with Crippen LogP contribution in [-0.2, 0) is 11.3 Å². The molecule has 1 aromatic heterocycles. The highest BCUT2D eigenvalue weighted by molar-refractivity contribution is 7.15. The summed E-state index contributed by atoms with van der Waals surface area (Å²) < 4.78 is 5.37. The number of aliphatic hydroxyl groups excluding tert-OH is 1. The predicted molar refractivity (Wildman–Crippen MR) is 73.0 cm³/mol. The third-order valence-corrected chi connectivity index (χ3v) is 3.94. The maximum Gasteiger partial charge on any atom is 0.182 e. The number of anilines is 1. The van der Waals surface area contributed by atoms with Gasteiger partial charge in [0.15, 0.2) is 5.13 Å². The molecule has 5 nitrogen and oxygen atoms in total. The van der Waals surface area contributed by atoms with Crippen molar-refractivity contribution in [1.82, 2.24) is 9.88 Å². The van der Waals surface area contributed by atoms with Gasteiger partial charge < -0.3 is 15.2 Å². The van der Waals surface area contributed by atoms with Gasteiger partial charge in [-0.3, -0.25) is 4.90 Å². The summed E-state index contributed by atoms with van der Waals surface area (Å²) in [5.74, 6) is 0. The smallest absolute Gasteiger partial charge is 0.182 e. The Kier molecular flexibility index (Phi) is 5.37. The Morgan fingerprint density at radius 1 is 1.67 bits per heavy atom. The lowest BCUT2D eigenvalue weighted by Crippen LogP contribution is -2.46. The Morgan fingerprint density at radius 3 is 3.33 bits per heavy atom. The number of aliphatic hydroxyl groups is 1. The van der Waals surface area contributed by atoms with Gasteiger partial charge in [-0.05, 0) is 6.42 Å². The molecule has 6 heteroatoms. The summed E-state index contributed by atoms with van der Waals surface area (Å²) in [7, 11) is 0. The lowest BCUT2D eigenvalue weighted by atomic mass is 10.2. The van der Waals surface area contributed by atoms with E-state index in [-0.39, 0.29) is 12.6 Å². The van der Waals surface area contributed by atoms with Crippen LogP contribution in [0.5, 0.6) is 0 Å². The van der Waals surface area contributed by atoms with Crippen LogP contribution in [0.4, 0.5) is 5.13 Å². The topological polar surface area (TPSA) is 57.6 Å². The zero-order chi connectivity index (χ0) is 12.8. The van der Waals surface area contributed by atoms with Gasteiger partial charge in [0.2, 0.25) is 0 Å². The number of hydrogen-bond donors (Lipinski definition) is 2. The molecule has 1 aliphatic heterocycles. The van der Waals surface area contributed by atoms with Gasteiger partial charge in [0.05, 0.1) is 25.9 Å². The highest BCUT2D eigenvalue weighted by Gasteiger charge is 2.22. The molecule has 1 aliphatic rings. The van der Waals surface area contributed by atoms with E-state index < -0.39 is 0 Å². The summed E-state index contributed by atoms with van der Waals surface area (Å²) in [6.07, 6.45) is 3.03. The lowest BCUT2D eigenvalue weighted by molar-refractivity contribution is -0.0308. The molecule has 0 aromatic carbocycles. The van der Waals surface area contributed by atoms with Crippen molar-refractivity contribution in [2.75, 3.05) is 38.2 Å². The molecule has 0 radical (unpaired) electrons. The normalized spacial score (nSPS) is 21.1. The van der Waals surface area contributed by atoms with Gasteiger partial charge in [0, 0.05) is 30.7 Å². The van der Waals surface area contributed by atoms with Crippen LogP contribution in [0.15, 0.2) is 6.20 Å². The maximum atomic E-state index is 9.31. The van der Waals surface area contributed by atoms with E-state index in [1.54, 1.807) is 11.3 Å². The number of hydrogen-bond acceptors (Lipinski definition) is 6. The first-order valence-electron chi connectivity index (χ1n) is 6.44. The Hall–Kier alpha value is -0.690. The predicted octanol–water partition coefficient (Wildman–Crippen LogP) is 1.16. The molecule has 0 amide bonds. The van der Waals surface area contributed by atoms with Crippen molar-refractivity contribution in [3.63, 3.8) is 0 Å². The standard InChI is InChI=1S/C12H21N3O2S/c1-2-3-13-12-14-6-11(18-12)7-15-4-5-17-9-10(15)8-16/h6,10,16H,2-5,7-9H2,1H3,(H,13,14). The summed E-state index contributed by atoms with van der Waals surface area (Å²) in [6.45, 7) is 6.35. The van der Waals surface area contributed by atoms with Gasteiger partial charge in [-0.2, -0.15) is 0 Å². The highest BCUT2D eigenvalue weighted by Crippen LogP contribution is 2.21. The molecule has 0 spiro atoms. The number of nitrogens with zero attached hydrogens (tertiary/aromatic N) is 2. The van der Waals surface area contributed by atoms with Gasteiger partial charge in [0.1, 0.15) is 0 Å². The fraction of sp³-hybridized carbons (Fsp3) is 0.750. The van der Waals surface area contributed by atoms with E-state index in [1.807, 2.05) is 6.20 Å². The first kappa shape index (κ1) is 13.7. The van der Waals surface area contributed by atoms with Gasteiger partial charge in [-0.1, -0.05) is 6.92 Å². The second-order valence-electron chi connectivity index (χ2n) is 4.44. The van der Waals surface area contributed by atoms with E-state index in [0.717, 1.165) is 37.8 Å². The Balaban J connectivity index is 1.89. The van der Waals surface area contributed by atoms with Crippen molar-refractivity contribution < 1.29 is 9.84 Å². The number of ether oxygens (including phenoxy) is 1. The average molecular weight is 271 g/mol. The van der Waals surface area contributed by atoms with Crippen molar-refractivity contribution in [2.45, 2.75) is 25.9 Å². The van der Waals surface area contributed by atoms with Crippen LogP contribution in [0.1, 0.15) is 18.2 Å². The SMILES string of the molecule is CCCNc1ncc(CN2CCOCC2CO)s1. The van der Waals surface area contributed by atoms with Crippen LogP contribution in [0, 0.1) is 0 Å². The minimum absolute atomic E-state index is 0.118. The average Bonchev–Trinajstić information content (AvgIpc) is 2.84.